The van der Waals surface area contributed by atoms with Crippen molar-refractivity contribution < 1.29 is 53.3 Å². The maximum Gasteiger partial charge on any atom is 0.302 e. The Kier molecular flexibility index (Phi) is 7.06. The lowest BCUT2D eigenvalue weighted by Gasteiger charge is -2.65. The summed E-state index contributed by atoms with van der Waals surface area (Å²) in [6, 6.07) is 0. The van der Waals surface area contributed by atoms with Gasteiger partial charge in [0.1, 0.15) is 36.1 Å². The van der Waals surface area contributed by atoms with E-state index in [1.54, 1.807) is 14.0 Å². The quantitative estimate of drug-likeness (QED) is 0.226. The molecule has 0 radical (unpaired) electrons. The summed E-state index contributed by atoms with van der Waals surface area (Å²) >= 11 is 0. The molecule has 19 atom stereocenters. The number of aliphatic hydroxyl groups is 3. The first-order valence-electron chi connectivity index (χ1n) is 19.0. The third-order valence-electron chi connectivity index (χ3n) is 16.9. The molecule has 3 N–H and O–H groups in total. The van der Waals surface area contributed by atoms with E-state index >= 15 is 0 Å². The number of carbonyl (C=O) groups is 1. The van der Waals surface area contributed by atoms with Crippen LogP contribution in [0, 0.1) is 50.7 Å². The van der Waals surface area contributed by atoms with Gasteiger partial charge in [0.2, 0.25) is 5.79 Å². The molecule has 9 fully saturated rings. The highest BCUT2D eigenvalue weighted by molar-refractivity contribution is 5.66. The number of methoxy groups -OCH3 is 1. The Morgan fingerprint density at radius 3 is 2.29 bits per heavy atom. The summed E-state index contributed by atoms with van der Waals surface area (Å²) in [4.78, 5) is 12.9. The van der Waals surface area contributed by atoms with Gasteiger partial charge in [-0.1, -0.05) is 34.6 Å². The van der Waals surface area contributed by atoms with Gasteiger partial charge in [-0.2, -0.15) is 0 Å². The van der Waals surface area contributed by atoms with Crippen molar-refractivity contribution in [3.05, 3.63) is 0 Å². The molecule has 4 aliphatic heterocycles. The molecule has 0 aromatic rings. The molecule has 4 unspecified atom stereocenters. The molecule has 4 heterocycles. The largest absolute Gasteiger partial charge is 0.462 e. The number of hydrogen-bond donors (Lipinski definition) is 3. The lowest BCUT2D eigenvalue weighted by molar-refractivity contribution is -0.349. The van der Waals surface area contributed by atoms with Gasteiger partial charge in [-0.25, -0.2) is 0 Å². The van der Waals surface area contributed by atoms with Gasteiger partial charge in [-0.15, -0.1) is 0 Å². The molecule has 5 saturated carbocycles. The Balaban J connectivity index is 1.03. The minimum Gasteiger partial charge on any atom is -0.462 e. The number of hydrogen-bond acceptors (Lipinski definition) is 11. The highest BCUT2D eigenvalue weighted by atomic mass is 16.8. The molecule has 9 aliphatic rings. The predicted octanol–water partition coefficient (Wildman–Crippen LogP) is 3.68. The second-order valence-electron chi connectivity index (χ2n) is 19.2. The van der Waals surface area contributed by atoms with Crippen LogP contribution in [0.5, 0.6) is 0 Å². The normalized spacial score (nSPS) is 62.2. The fourth-order valence-corrected chi connectivity index (χ4v) is 14.9. The van der Waals surface area contributed by atoms with Crippen LogP contribution in [0.4, 0.5) is 0 Å². The molecule has 4 saturated heterocycles. The van der Waals surface area contributed by atoms with Crippen molar-refractivity contribution in [1.29, 1.82) is 0 Å². The van der Waals surface area contributed by atoms with Gasteiger partial charge in [0, 0.05) is 25.9 Å². The monoisotopic (exact) mass is 690 g/mol. The Hall–Kier alpha value is -0.890. The Labute approximate surface area is 290 Å². The summed E-state index contributed by atoms with van der Waals surface area (Å²) in [6.07, 6.45) is 1.91. The smallest absolute Gasteiger partial charge is 0.302 e. The van der Waals surface area contributed by atoms with Crippen LogP contribution in [0.3, 0.4) is 0 Å². The lowest BCUT2D eigenvalue weighted by Crippen LogP contribution is -2.64. The van der Waals surface area contributed by atoms with E-state index in [0.29, 0.717) is 11.8 Å². The molecule has 9 rings (SSSR count). The Morgan fingerprint density at radius 2 is 1.59 bits per heavy atom. The van der Waals surface area contributed by atoms with Crippen molar-refractivity contribution in [1.82, 2.24) is 0 Å². The van der Waals surface area contributed by atoms with Crippen molar-refractivity contribution in [2.24, 2.45) is 50.7 Å². The molecule has 3 spiro atoms. The fourth-order valence-electron chi connectivity index (χ4n) is 14.9. The van der Waals surface area contributed by atoms with Crippen LogP contribution < -0.4 is 0 Å². The highest BCUT2D eigenvalue weighted by Crippen LogP contribution is 2.89. The van der Waals surface area contributed by atoms with Gasteiger partial charge in [-0.3, -0.25) is 4.79 Å². The summed E-state index contributed by atoms with van der Waals surface area (Å²) in [5.41, 5.74) is -0.894. The van der Waals surface area contributed by atoms with E-state index in [1.165, 1.54) is 0 Å². The van der Waals surface area contributed by atoms with Crippen LogP contribution in [-0.2, 0) is 38.0 Å². The van der Waals surface area contributed by atoms with E-state index in [4.69, 9.17) is 33.2 Å². The molecule has 276 valence electrons. The average Bonchev–Trinajstić information content (AvgIpc) is 3.86. The van der Waals surface area contributed by atoms with Crippen molar-refractivity contribution >= 4 is 5.97 Å². The van der Waals surface area contributed by atoms with E-state index in [0.717, 1.165) is 51.4 Å². The van der Waals surface area contributed by atoms with Gasteiger partial charge in [0.25, 0.3) is 0 Å². The van der Waals surface area contributed by atoms with Crippen molar-refractivity contribution in [3.63, 3.8) is 0 Å². The predicted molar refractivity (Wildman–Crippen MR) is 172 cm³/mol. The molecule has 0 aromatic heterocycles. The van der Waals surface area contributed by atoms with E-state index < -0.39 is 42.3 Å². The van der Waals surface area contributed by atoms with Crippen LogP contribution in [0.25, 0.3) is 0 Å². The zero-order valence-corrected chi connectivity index (χ0v) is 30.5. The molecule has 5 aliphatic carbocycles. The number of aliphatic hydroxyl groups excluding tert-OH is 3. The third kappa shape index (κ3) is 3.98. The zero-order valence-electron chi connectivity index (χ0n) is 30.5. The molecule has 0 amide bonds. The summed E-state index contributed by atoms with van der Waals surface area (Å²) in [5.74, 6) is 0.308. The summed E-state index contributed by atoms with van der Waals surface area (Å²) in [6.45, 7) is 15.4. The van der Waals surface area contributed by atoms with E-state index in [1.807, 2.05) is 0 Å². The van der Waals surface area contributed by atoms with Crippen LogP contribution in [0.2, 0.25) is 0 Å². The van der Waals surface area contributed by atoms with Gasteiger partial charge in [0.15, 0.2) is 12.6 Å². The number of fused-ring (bicyclic) bond motifs is 6. The Bertz CT molecular complexity index is 1410. The van der Waals surface area contributed by atoms with Gasteiger partial charge >= 0.3 is 5.97 Å². The van der Waals surface area contributed by atoms with Gasteiger partial charge in [-0.05, 0) is 97.2 Å². The van der Waals surface area contributed by atoms with Crippen LogP contribution >= 0.6 is 0 Å². The number of ether oxygens (including phenoxy) is 7. The molecule has 0 aromatic carbocycles. The Morgan fingerprint density at radius 1 is 0.857 bits per heavy atom. The first-order valence-corrected chi connectivity index (χ1v) is 19.0. The minimum atomic E-state index is -1.30. The first kappa shape index (κ1) is 33.9. The van der Waals surface area contributed by atoms with E-state index in [-0.39, 0.29) is 75.9 Å². The van der Waals surface area contributed by atoms with Gasteiger partial charge < -0.3 is 48.5 Å². The topological polar surface area (TPSA) is 146 Å². The second kappa shape index (κ2) is 10.2. The molecule has 0 bridgehead atoms. The van der Waals surface area contributed by atoms with Crippen molar-refractivity contribution in [2.45, 2.75) is 167 Å². The SMILES string of the molecule is CO[C@@H]1OC2(C[C@@H](C)[C@H]3C(C[C@@]4(C)[C@@H]5CC[C@H]6C(C)(C)[C@@H](O[C@@H]7OC[C@@H](O)[C@H](O)[C@H]7O)CC[C@@]67C[C@@]57C[C@@H](OC(C)=O)[C@]34C)O2)C2OC21C. The average molecular weight is 691 g/mol. The summed E-state index contributed by atoms with van der Waals surface area (Å²) < 4.78 is 44.4. The van der Waals surface area contributed by atoms with Crippen LogP contribution in [0.15, 0.2) is 0 Å². The number of carbonyl (C=O) groups excluding carboxylic acids is 1. The maximum atomic E-state index is 12.9. The minimum absolute atomic E-state index is 0.0418. The number of epoxide rings is 1. The van der Waals surface area contributed by atoms with E-state index in [9.17, 15) is 20.1 Å². The van der Waals surface area contributed by atoms with Crippen LogP contribution in [0.1, 0.15) is 99.8 Å². The lowest BCUT2D eigenvalue weighted by atomic mass is 9.41. The molecular weight excluding hydrogens is 632 g/mol. The highest BCUT2D eigenvalue weighted by Gasteiger charge is 2.87. The molecular formula is C38H58O11. The molecule has 49 heavy (non-hydrogen) atoms. The molecule has 11 nitrogen and oxygen atoms in total. The van der Waals surface area contributed by atoms with Crippen molar-refractivity contribution in [3.8, 4) is 0 Å². The number of esters is 1. The zero-order chi connectivity index (χ0) is 34.9. The first-order chi connectivity index (χ1) is 22.9. The van der Waals surface area contributed by atoms with Crippen molar-refractivity contribution in [2.75, 3.05) is 13.7 Å². The summed E-state index contributed by atoms with van der Waals surface area (Å²) in [5, 5.41) is 31.0. The molecule has 11 heteroatoms. The fraction of sp³-hybridized carbons (Fsp3) is 0.974. The second-order valence-corrected chi connectivity index (χ2v) is 19.2. The standard InChI is InChI=1S/C38H58O11/c1-18-13-38(30-35(7,48-30)31(43-8)49-38)47-21-14-33(5)23-10-9-22-32(3,4)24(46-29-28(42)27(41)20(40)16-44-29)11-12-36(22)17-37(23,36)15-25(45-19(2)39)34(33,6)26(18)21/h18,20-31,40-42H,9-17H2,1-8H3/t18-,20-,21?,22+,23+,24+,25-,26+,27+,28-,29+,30?,31-,33+,34-,35?,36-,37+,38?/m1/s1. The van der Waals surface area contributed by atoms with Crippen LogP contribution in [-0.4, -0.2) is 102 Å². The maximum absolute atomic E-state index is 12.9. The van der Waals surface area contributed by atoms with E-state index in [2.05, 4.69) is 41.5 Å². The third-order valence-corrected chi connectivity index (χ3v) is 16.9. The summed E-state index contributed by atoms with van der Waals surface area (Å²) in [7, 11) is 1.67. The van der Waals surface area contributed by atoms with Gasteiger partial charge in [0.05, 0.1) is 18.8 Å². The number of rotatable bonds is 4.